The van der Waals surface area contributed by atoms with Crippen LogP contribution in [-0.2, 0) is 9.53 Å². The van der Waals surface area contributed by atoms with Gasteiger partial charge in [-0.3, -0.25) is 0 Å². The Hall–Kier alpha value is -1.48. The van der Waals surface area contributed by atoms with E-state index in [-0.39, 0.29) is 12.6 Å². The van der Waals surface area contributed by atoms with Gasteiger partial charge in [0.1, 0.15) is 5.75 Å². The summed E-state index contributed by atoms with van der Waals surface area (Å²) in [4.78, 5) is 11.8. The molecule has 4 heteroatoms. The summed E-state index contributed by atoms with van der Waals surface area (Å²) < 4.78 is 10.7. The molecule has 0 aromatic heterocycles. The van der Waals surface area contributed by atoms with Crippen LogP contribution in [0.1, 0.15) is 33.1 Å². The molecule has 124 valence electrons. The molecule has 0 saturated heterocycles. The van der Waals surface area contributed by atoms with E-state index in [9.17, 15) is 4.79 Å². The summed E-state index contributed by atoms with van der Waals surface area (Å²) >= 11 is 5.80. The van der Waals surface area contributed by atoms with Crippen LogP contribution in [0.3, 0.4) is 0 Å². The molecule has 2 unspecified atom stereocenters. The van der Waals surface area contributed by atoms with Gasteiger partial charge in [-0.05, 0) is 54.4 Å². The summed E-state index contributed by atoms with van der Waals surface area (Å²) in [5.41, 5.74) is 1.88. The van der Waals surface area contributed by atoms with E-state index in [0.717, 1.165) is 12.3 Å². The number of carbonyl (C=O) groups is 1. The number of hydrogen-bond acceptors (Lipinski definition) is 3. The van der Waals surface area contributed by atoms with Crippen LogP contribution in [0.25, 0.3) is 0 Å². The lowest BCUT2D eigenvalue weighted by Crippen LogP contribution is -2.48. The van der Waals surface area contributed by atoms with Crippen molar-refractivity contribution in [3.63, 3.8) is 0 Å². The van der Waals surface area contributed by atoms with Gasteiger partial charge in [-0.2, -0.15) is 0 Å². The Labute approximate surface area is 142 Å². The van der Waals surface area contributed by atoms with Crippen molar-refractivity contribution in [1.82, 2.24) is 0 Å². The Morgan fingerprint density at radius 3 is 2.70 bits per heavy atom. The van der Waals surface area contributed by atoms with Gasteiger partial charge in [-0.1, -0.05) is 37.1 Å². The summed E-state index contributed by atoms with van der Waals surface area (Å²) in [7, 11) is 0. The van der Waals surface area contributed by atoms with Crippen LogP contribution >= 0.6 is 11.6 Å². The average molecular weight is 335 g/mol. The van der Waals surface area contributed by atoms with Crippen LogP contribution in [0.4, 0.5) is 0 Å². The largest absolute Gasteiger partial charge is 0.482 e. The first kappa shape index (κ1) is 16.4. The maximum atomic E-state index is 11.8. The van der Waals surface area contributed by atoms with Gasteiger partial charge in [0, 0.05) is 11.4 Å². The molecular weight excluding hydrogens is 312 g/mol. The van der Waals surface area contributed by atoms with Crippen molar-refractivity contribution in [2.45, 2.75) is 33.1 Å². The lowest BCUT2D eigenvalue weighted by Gasteiger charge is -2.56. The number of hydrogen-bond donors (Lipinski definition) is 0. The van der Waals surface area contributed by atoms with E-state index in [1.54, 1.807) is 24.3 Å². The molecule has 0 spiro atoms. The van der Waals surface area contributed by atoms with Crippen molar-refractivity contribution in [2.75, 3.05) is 13.2 Å². The molecule has 2 bridgehead atoms. The van der Waals surface area contributed by atoms with Crippen molar-refractivity contribution in [3.05, 3.63) is 40.9 Å². The van der Waals surface area contributed by atoms with Gasteiger partial charge in [-0.25, -0.2) is 4.79 Å². The lowest BCUT2D eigenvalue weighted by molar-refractivity contribution is -0.146. The van der Waals surface area contributed by atoms with Gasteiger partial charge in [-0.15, -0.1) is 0 Å². The second-order valence-corrected chi connectivity index (χ2v) is 7.47. The summed E-state index contributed by atoms with van der Waals surface area (Å²) in [5, 5.41) is 0.641. The van der Waals surface area contributed by atoms with Gasteiger partial charge in [0.25, 0.3) is 0 Å². The summed E-state index contributed by atoms with van der Waals surface area (Å²) in [6, 6.07) is 6.92. The number of carbonyl (C=O) groups excluding carboxylic acids is 1. The Kier molecular flexibility index (Phi) is 4.67. The average Bonchev–Trinajstić information content (AvgIpc) is 2.54. The highest BCUT2D eigenvalue weighted by atomic mass is 35.5. The molecule has 1 fully saturated rings. The number of esters is 1. The van der Waals surface area contributed by atoms with Gasteiger partial charge in [0.05, 0.1) is 6.61 Å². The molecule has 3 nitrogen and oxygen atoms in total. The second-order valence-electron chi connectivity index (χ2n) is 7.03. The quantitative estimate of drug-likeness (QED) is 0.561. The third-order valence-corrected chi connectivity index (χ3v) is 5.66. The van der Waals surface area contributed by atoms with Crippen LogP contribution in [0.5, 0.6) is 5.75 Å². The predicted molar refractivity (Wildman–Crippen MR) is 90.6 cm³/mol. The van der Waals surface area contributed by atoms with Crippen LogP contribution < -0.4 is 4.74 Å². The number of rotatable bonds is 6. The molecule has 0 N–H and O–H groups in total. The molecule has 0 amide bonds. The molecule has 0 aliphatic heterocycles. The Bertz CT molecular complexity index is 604. The SMILES string of the molecule is CC1(C)C2CC=C(CCOC(=O)COc3ccc(Cl)cc3)C1C2. The van der Waals surface area contributed by atoms with Crippen LogP contribution in [0.15, 0.2) is 35.9 Å². The molecule has 3 aliphatic rings. The minimum atomic E-state index is -0.331. The Morgan fingerprint density at radius 2 is 2.04 bits per heavy atom. The number of benzene rings is 1. The topological polar surface area (TPSA) is 35.5 Å². The van der Waals surface area contributed by atoms with Gasteiger partial charge < -0.3 is 9.47 Å². The van der Waals surface area contributed by atoms with Crippen molar-refractivity contribution in [2.24, 2.45) is 17.3 Å². The van der Waals surface area contributed by atoms with E-state index in [0.29, 0.717) is 28.7 Å². The van der Waals surface area contributed by atoms with E-state index in [1.165, 1.54) is 18.4 Å². The first-order valence-electron chi connectivity index (χ1n) is 8.19. The molecule has 0 heterocycles. The second kappa shape index (κ2) is 6.56. The highest BCUT2D eigenvalue weighted by molar-refractivity contribution is 6.30. The molecular formula is C19H23ClO3. The fourth-order valence-electron chi connectivity index (χ4n) is 3.75. The smallest absolute Gasteiger partial charge is 0.344 e. The first-order chi connectivity index (χ1) is 11.0. The van der Waals surface area contributed by atoms with Gasteiger partial charge >= 0.3 is 5.97 Å². The molecule has 1 aromatic carbocycles. The highest BCUT2D eigenvalue weighted by Crippen LogP contribution is 2.59. The van der Waals surface area contributed by atoms with Crippen LogP contribution in [0.2, 0.25) is 5.02 Å². The van der Waals surface area contributed by atoms with Gasteiger partial charge in [0.15, 0.2) is 6.61 Å². The fraction of sp³-hybridized carbons (Fsp3) is 0.526. The van der Waals surface area contributed by atoms with Crippen molar-refractivity contribution in [1.29, 1.82) is 0 Å². The normalized spacial score (nSPS) is 24.4. The Morgan fingerprint density at radius 1 is 1.30 bits per heavy atom. The molecule has 2 atom stereocenters. The zero-order chi connectivity index (χ0) is 16.4. The maximum absolute atomic E-state index is 11.8. The van der Waals surface area contributed by atoms with E-state index >= 15 is 0 Å². The van der Waals surface area contributed by atoms with Crippen LogP contribution in [0, 0.1) is 17.3 Å². The fourth-order valence-corrected chi connectivity index (χ4v) is 3.88. The highest BCUT2D eigenvalue weighted by Gasteiger charge is 2.50. The van der Waals surface area contributed by atoms with Crippen molar-refractivity contribution in [3.8, 4) is 5.75 Å². The van der Waals surface area contributed by atoms with Crippen LogP contribution in [-0.4, -0.2) is 19.2 Å². The first-order valence-corrected chi connectivity index (χ1v) is 8.57. The van der Waals surface area contributed by atoms with E-state index in [4.69, 9.17) is 21.1 Å². The van der Waals surface area contributed by atoms with Crippen molar-refractivity contribution < 1.29 is 14.3 Å². The maximum Gasteiger partial charge on any atom is 0.344 e. The molecule has 3 aliphatic carbocycles. The molecule has 23 heavy (non-hydrogen) atoms. The zero-order valence-corrected chi connectivity index (χ0v) is 14.4. The summed E-state index contributed by atoms with van der Waals surface area (Å²) in [5.74, 6) is 1.79. The number of halogens is 1. The van der Waals surface area contributed by atoms with Gasteiger partial charge in [0.2, 0.25) is 0 Å². The standard InChI is InChI=1S/C19H23ClO3/c1-19(2)14-4-3-13(17(19)11-14)9-10-22-18(21)12-23-16-7-5-15(20)6-8-16/h3,5-8,14,17H,4,9-12H2,1-2H3. The molecule has 1 saturated carbocycles. The Balaban J connectivity index is 1.38. The number of allylic oxidation sites excluding steroid dienone is 1. The minimum absolute atomic E-state index is 0.0718. The number of fused-ring (bicyclic) bond motifs is 1. The van der Waals surface area contributed by atoms with E-state index < -0.39 is 0 Å². The van der Waals surface area contributed by atoms with Crippen molar-refractivity contribution >= 4 is 17.6 Å². The third kappa shape index (κ3) is 3.55. The predicted octanol–water partition coefficient (Wildman–Crippen LogP) is 4.64. The molecule has 4 rings (SSSR count). The third-order valence-electron chi connectivity index (χ3n) is 5.41. The zero-order valence-electron chi connectivity index (χ0n) is 13.7. The van der Waals surface area contributed by atoms with E-state index in [2.05, 4.69) is 19.9 Å². The monoisotopic (exact) mass is 334 g/mol. The summed E-state index contributed by atoms with van der Waals surface area (Å²) in [6.07, 6.45) is 5.66. The lowest BCUT2D eigenvalue weighted by atomic mass is 9.48. The molecule has 0 radical (unpaired) electrons. The minimum Gasteiger partial charge on any atom is -0.482 e. The summed E-state index contributed by atoms with van der Waals surface area (Å²) in [6.45, 7) is 5.07. The van der Waals surface area contributed by atoms with E-state index in [1.807, 2.05) is 0 Å². The molecule has 1 aromatic rings. The number of ether oxygens (including phenoxy) is 2.